The summed E-state index contributed by atoms with van der Waals surface area (Å²) in [6.07, 6.45) is 2.15. The van der Waals surface area contributed by atoms with E-state index in [2.05, 4.69) is 5.32 Å². The Bertz CT molecular complexity index is 576. The lowest BCUT2D eigenvalue weighted by atomic mass is 10.0. The fourth-order valence-corrected chi connectivity index (χ4v) is 3.17. The zero-order valence-electron chi connectivity index (χ0n) is 14.3. The third kappa shape index (κ3) is 4.47. The Morgan fingerprint density at radius 1 is 1.38 bits per heavy atom. The van der Waals surface area contributed by atoms with Crippen molar-refractivity contribution in [2.24, 2.45) is 0 Å². The van der Waals surface area contributed by atoms with Crippen LogP contribution < -0.4 is 10.1 Å². The molecular weight excluding hydrogens is 308 g/mol. The number of nitrogens with one attached hydrogen (secondary N) is 1. The predicted molar refractivity (Wildman–Crippen MR) is 91.0 cm³/mol. The van der Waals surface area contributed by atoms with Gasteiger partial charge >= 0.3 is 5.97 Å². The Morgan fingerprint density at radius 2 is 2.12 bits per heavy atom. The lowest BCUT2D eigenvalue weighted by Gasteiger charge is -2.24. The van der Waals surface area contributed by atoms with Gasteiger partial charge in [-0.05, 0) is 38.8 Å². The molecule has 132 valence electrons. The first-order chi connectivity index (χ1) is 11.6. The molecular formula is C18H26N2O4. The van der Waals surface area contributed by atoms with Crippen LogP contribution in [-0.4, -0.2) is 47.6 Å². The summed E-state index contributed by atoms with van der Waals surface area (Å²) in [5, 5.41) is 12.2. The number of benzene rings is 1. The third-order valence-electron chi connectivity index (χ3n) is 4.33. The van der Waals surface area contributed by atoms with E-state index < -0.39 is 12.0 Å². The van der Waals surface area contributed by atoms with Crippen LogP contribution in [0.15, 0.2) is 24.3 Å². The number of para-hydroxylation sites is 1. The van der Waals surface area contributed by atoms with E-state index in [4.69, 9.17) is 4.74 Å². The number of hydrogen-bond donors (Lipinski definition) is 2. The van der Waals surface area contributed by atoms with E-state index in [1.165, 1.54) is 0 Å². The van der Waals surface area contributed by atoms with Crippen LogP contribution in [0, 0.1) is 0 Å². The number of aliphatic carboxylic acids is 1. The number of nitrogens with zero attached hydrogens (tertiary/aromatic N) is 1. The molecule has 1 heterocycles. The van der Waals surface area contributed by atoms with E-state index in [1.54, 1.807) is 4.90 Å². The van der Waals surface area contributed by atoms with Crippen LogP contribution >= 0.6 is 0 Å². The fourth-order valence-electron chi connectivity index (χ4n) is 3.17. The highest BCUT2D eigenvalue weighted by Gasteiger charge is 2.32. The van der Waals surface area contributed by atoms with Gasteiger partial charge in [0.2, 0.25) is 5.91 Å². The molecule has 1 fully saturated rings. The highest BCUT2D eigenvalue weighted by molar-refractivity contribution is 5.80. The Morgan fingerprint density at radius 3 is 2.79 bits per heavy atom. The van der Waals surface area contributed by atoms with Crippen LogP contribution in [0.3, 0.4) is 0 Å². The molecule has 6 nitrogen and oxygen atoms in total. The van der Waals surface area contributed by atoms with Gasteiger partial charge in [-0.2, -0.15) is 0 Å². The highest BCUT2D eigenvalue weighted by Crippen LogP contribution is 2.27. The average Bonchev–Trinajstić information content (AvgIpc) is 3.02. The largest absolute Gasteiger partial charge is 0.494 e. The molecule has 1 aromatic carbocycles. The molecule has 1 saturated heterocycles. The number of likely N-dealkylation sites (tertiary alicyclic amines) is 1. The zero-order valence-corrected chi connectivity index (χ0v) is 14.3. The summed E-state index contributed by atoms with van der Waals surface area (Å²) in [7, 11) is 0. The molecule has 0 spiro atoms. The Labute approximate surface area is 142 Å². The van der Waals surface area contributed by atoms with E-state index >= 15 is 0 Å². The number of hydrogen-bond acceptors (Lipinski definition) is 4. The second kappa shape index (κ2) is 8.68. The molecule has 0 aromatic heterocycles. The van der Waals surface area contributed by atoms with E-state index in [0.29, 0.717) is 19.6 Å². The molecule has 1 unspecified atom stereocenters. The molecule has 1 aliphatic rings. The van der Waals surface area contributed by atoms with Crippen molar-refractivity contribution in [2.75, 3.05) is 19.7 Å². The van der Waals surface area contributed by atoms with E-state index in [0.717, 1.165) is 24.2 Å². The SMILES string of the molecule is CCOc1ccccc1C(CC)NC(=O)CN1CCC[C@@H]1C(=O)O. The van der Waals surface area contributed by atoms with Gasteiger partial charge in [-0.1, -0.05) is 25.1 Å². The van der Waals surface area contributed by atoms with Gasteiger partial charge in [0, 0.05) is 5.56 Å². The number of carbonyl (C=O) groups is 2. The standard InChI is InChI=1S/C18H26N2O4/c1-3-14(13-8-5-6-10-16(13)24-4-2)19-17(21)12-20-11-7-9-15(20)18(22)23/h5-6,8,10,14-15H,3-4,7,9,11-12H2,1-2H3,(H,19,21)(H,22,23)/t14?,15-/m1/s1. The van der Waals surface area contributed by atoms with Crippen LogP contribution in [-0.2, 0) is 9.59 Å². The first-order valence-corrected chi connectivity index (χ1v) is 8.54. The molecule has 24 heavy (non-hydrogen) atoms. The number of amides is 1. The molecule has 1 amide bonds. The second-order valence-electron chi connectivity index (χ2n) is 5.97. The van der Waals surface area contributed by atoms with Crippen LogP contribution in [0.25, 0.3) is 0 Å². The van der Waals surface area contributed by atoms with Crippen molar-refractivity contribution < 1.29 is 19.4 Å². The molecule has 1 aliphatic heterocycles. The molecule has 0 aliphatic carbocycles. The molecule has 0 radical (unpaired) electrons. The van der Waals surface area contributed by atoms with Crippen LogP contribution in [0.2, 0.25) is 0 Å². The lowest BCUT2D eigenvalue weighted by Crippen LogP contribution is -2.43. The number of carboxylic acids is 1. The van der Waals surface area contributed by atoms with Gasteiger partial charge in [0.05, 0.1) is 19.2 Å². The summed E-state index contributed by atoms with van der Waals surface area (Å²) < 4.78 is 5.64. The average molecular weight is 334 g/mol. The smallest absolute Gasteiger partial charge is 0.320 e. The second-order valence-corrected chi connectivity index (χ2v) is 5.97. The normalized spacial score (nSPS) is 19.0. The van der Waals surface area contributed by atoms with Crippen molar-refractivity contribution in [1.29, 1.82) is 0 Å². The van der Waals surface area contributed by atoms with E-state index in [9.17, 15) is 14.7 Å². The van der Waals surface area contributed by atoms with Crippen molar-refractivity contribution in [2.45, 2.75) is 45.2 Å². The quantitative estimate of drug-likeness (QED) is 0.762. The first-order valence-electron chi connectivity index (χ1n) is 8.54. The maximum Gasteiger partial charge on any atom is 0.320 e. The van der Waals surface area contributed by atoms with Crippen LogP contribution in [0.5, 0.6) is 5.75 Å². The van der Waals surface area contributed by atoms with Gasteiger partial charge in [-0.25, -0.2) is 0 Å². The summed E-state index contributed by atoms with van der Waals surface area (Å²) in [6.45, 7) is 5.26. The molecule has 0 bridgehead atoms. The number of carbonyl (C=O) groups excluding carboxylic acids is 1. The summed E-state index contributed by atoms with van der Waals surface area (Å²) in [4.78, 5) is 25.3. The van der Waals surface area contributed by atoms with Crippen molar-refractivity contribution in [3.8, 4) is 5.75 Å². The third-order valence-corrected chi connectivity index (χ3v) is 4.33. The van der Waals surface area contributed by atoms with E-state index in [1.807, 2.05) is 38.1 Å². The van der Waals surface area contributed by atoms with Gasteiger partial charge in [-0.3, -0.25) is 14.5 Å². The molecule has 2 N–H and O–H groups in total. The minimum Gasteiger partial charge on any atom is -0.494 e. The molecule has 1 aromatic rings. The van der Waals surface area contributed by atoms with Crippen LogP contribution in [0.1, 0.15) is 44.7 Å². The summed E-state index contributed by atoms with van der Waals surface area (Å²) in [6, 6.07) is 6.99. The first kappa shape index (κ1) is 18.3. The molecule has 2 atom stereocenters. The number of ether oxygens (including phenoxy) is 1. The predicted octanol–water partition coefficient (Wildman–Crippen LogP) is 2.20. The monoisotopic (exact) mass is 334 g/mol. The minimum atomic E-state index is -0.853. The summed E-state index contributed by atoms with van der Waals surface area (Å²) >= 11 is 0. The summed E-state index contributed by atoms with van der Waals surface area (Å²) in [5.74, 6) is -0.230. The molecule has 0 saturated carbocycles. The maximum absolute atomic E-state index is 12.4. The summed E-state index contributed by atoms with van der Waals surface area (Å²) in [5.41, 5.74) is 0.950. The highest BCUT2D eigenvalue weighted by atomic mass is 16.5. The topological polar surface area (TPSA) is 78.9 Å². The Kier molecular flexibility index (Phi) is 6.61. The lowest BCUT2D eigenvalue weighted by molar-refractivity contribution is -0.142. The van der Waals surface area contributed by atoms with Crippen molar-refractivity contribution in [1.82, 2.24) is 10.2 Å². The maximum atomic E-state index is 12.4. The zero-order chi connectivity index (χ0) is 17.5. The molecule has 2 rings (SSSR count). The van der Waals surface area contributed by atoms with Crippen molar-refractivity contribution in [3.05, 3.63) is 29.8 Å². The Balaban J connectivity index is 2.02. The van der Waals surface area contributed by atoms with E-state index in [-0.39, 0.29) is 18.5 Å². The van der Waals surface area contributed by atoms with Gasteiger partial charge < -0.3 is 15.2 Å². The molecule has 6 heteroatoms. The van der Waals surface area contributed by atoms with Gasteiger partial charge in [0.25, 0.3) is 0 Å². The van der Waals surface area contributed by atoms with Gasteiger partial charge in [0.1, 0.15) is 11.8 Å². The number of carboxylic acid groups (broad SMARTS) is 1. The fraction of sp³-hybridized carbons (Fsp3) is 0.556. The number of rotatable bonds is 8. The van der Waals surface area contributed by atoms with Crippen molar-refractivity contribution >= 4 is 11.9 Å². The van der Waals surface area contributed by atoms with Crippen molar-refractivity contribution in [3.63, 3.8) is 0 Å². The van der Waals surface area contributed by atoms with Gasteiger partial charge in [-0.15, -0.1) is 0 Å². The Hall–Kier alpha value is -2.08. The van der Waals surface area contributed by atoms with Gasteiger partial charge in [0.15, 0.2) is 0 Å². The van der Waals surface area contributed by atoms with Crippen LogP contribution in [0.4, 0.5) is 0 Å². The minimum absolute atomic E-state index is 0.115.